The molecule has 3 aliphatic rings. The van der Waals surface area contributed by atoms with Crippen molar-refractivity contribution in [3.63, 3.8) is 0 Å². The molecule has 0 spiro atoms. The lowest BCUT2D eigenvalue weighted by molar-refractivity contribution is 0.112. The summed E-state index contributed by atoms with van der Waals surface area (Å²) in [5.41, 5.74) is 0. The van der Waals surface area contributed by atoms with Crippen molar-refractivity contribution in [2.45, 2.75) is 70.0 Å². The fraction of sp³-hybridized carbons (Fsp3) is 1.00. The zero-order chi connectivity index (χ0) is 13.1. The molecule has 3 nitrogen and oxygen atoms in total. The van der Waals surface area contributed by atoms with E-state index < -0.39 is 0 Å². The van der Waals surface area contributed by atoms with Gasteiger partial charge in [-0.05, 0) is 58.3 Å². The Morgan fingerprint density at radius 1 is 0.895 bits per heavy atom. The van der Waals surface area contributed by atoms with Crippen LogP contribution < -0.4 is 5.32 Å². The van der Waals surface area contributed by atoms with Crippen molar-refractivity contribution in [2.75, 3.05) is 32.7 Å². The van der Waals surface area contributed by atoms with Crippen molar-refractivity contribution >= 4 is 0 Å². The van der Waals surface area contributed by atoms with Crippen molar-refractivity contribution < 1.29 is 0 Å². The summed E-state index contributed by atoms with van der Waals surface area (Å²) in [5, 5.41) is 3.76. The molecule has 2 heterocycles. The Kier molecular flexibility index (Phi) is 4.78. The number of likely N-dealkylation sites (N-methyl/N-ethyl adjacent to an activating group) is 1. The van der Waals surface area contributed by atoms with Crippen LogP contribution >= 0.6 is 0 Å². The summed E-state index contributed by atoms with van der Waals surface area (Å²) in [6.07, 6.45) is 9.93. The molecule has 3 heteroatoms. The Morgan fingerprint density at radius 2 is 1.68 bits per heavy atom. The van der Waals surface area contributed by atoms with Gasteiger partial charge in [0.25, 0.3) is 0 Å². The van der Waals surface area contributed by atoms with Gasteiger partial charge in [0.1, 0.15) is 0 Å². The highest BCUT2D eigenvalue weighted by Crippen LogP contribution is 2.28. The number of nitrogens with zero attached hydrogens (tertiary/aromatic N) is 2. The zero-order valence-corrected chi connectivity index (χ0v) is 12.6. The largest absolute Gasteiger partial charge is 0.313 e. The number of rotatable bonds is 3. The molecule has 110 valence electrons. The number of fused-ring (bicyclic) bond motifs is 1. The average molecular weight is 265 g/mol. The smallest absolute Gasteiger partial charge is 0.0250 e. The van der Waals surface area contributed by atoms with E-state index in [0.717, 1.165) is 24.7 Å². The highest BCUT2D eigenvalue weighted by molar-refractivity contribution is 4.93. The van der Waals surface area contributed by atoms with E-state index in [0.29, 0.717) is 0 Å². The van der Waals surface area contributed by atoms with Crippen LogP contribution in [0.4, 0.5) is 0 Å². The second kappa shape index (κ2) is 6.55. The molecule has 19 heavy (non-hydrogen) atoms. The first-order valence-electron chi connectivity index (χ1n) is 8.60. The van der Waals surface area contributed by atoms with E-state index in [4.69, 9.17) is 0 Å². The Morgan fingerprint density at radius 3 is 2.58 bits per heavy atom. The molecule has 1 aliphatic carbocycles. The van der Waals surface area contributed by atoms with Gasteiger partial charge in [-0.2, -0.15) is 0 Å². The van der Waals surface area contributed by atoms with Crippen LogP contribution in [0, 0.1) is 0 Å². The van der Waals surface area contributed by atoms with Gasteiger partial charge in [0, 0.05) is 24.7 Å². The minimum Gasteiger partial charge on any atom is -0.313 e. The molecular weight excluding hydrogens is 234 g/mol. The lowest BCUT2D eigenvalue weighted by Gasteiger charge is -2.41. The molecule has 0 amide bonds. The predicted molar refractivity (Wildman–Crippen MR) is 80.5 cm³/mol. The van der Waals surface area contributed by atoms with Crippen LogP contribution in [-0.2, 0) is 0 Å². The standard InChI is InChI=1S/C16H31N3/c1-2-17-15-8-3-4-9-16(15)19-12-6-11-18-10-5-7-14(18)13-19/h14-17H,2-13H2,1H3. The predicted octanol–water partition coefficient (Wildman–Crippen LogP) is 2.08. The molecule has 0 aromatic heterocycles. The van der Waals surface area contributed by atoms with Crippen molar-refractivity contribution in [2.24, 2.45) is 0 Å². The number of nitrogens with one attached hydrogen (secondary N) is 1. The maximum Gasteiger partial charge on any atom is 0.0250 e. The SMILES string of the molecule is CCNC1CCCCC1N1CCCN2CCCC2C1. The molecule has 3 unspecified atom stereocenters. The van der Waals surface area contributed by atoms with E-state index in [2.05, 4.69) is 22.0 Å². The first kappa shape index (κ1) is 13.8. The van der Waals surface area contributed by atoms with Gasteiger partial charge in [-0.25, -0.2) is 0 Å². The van der Waals surface area contributed by atoms with Crippen molar-refractivity contribution in [1.29, 1.82) is 0 Å². The molecule has 0 bridgehead atoms. The minimum atomic E-state index is 0.756. The molecule has 2 saturated heterocycles. The molecule has 3 rings (SSSR count). The van der Waals surface area contributed by atoms with Gasteiger partial charge >= 0.3 is 0 Å². The first-order chi connectivity index (χ1) is 9.38. The van der Waals surface area contributed by atoms with Crippen LogP contribution in [0.15, 0.2) is 0 Å². The van der Waals surface area contributed by atoms with Crippen LogP contribution in [0.5, 0.6) is 0 Å². The summed E-state index contributed by atoms with van der Waals surface area (Å²) in [5.74, 6) is 0. The molecule has 0 radical (unpaired) electrons. The van der Waals surface area contributed by atoms with Crippen LogP contribution in [0.3, 0.4) is 0 Å². The number of hydrogen-bond acceptors (Lipinski definition) is 3. The Balaban J connectivity index is 1.65. The third kappa shape index (κ3) is 3.14. The second-order valence-electron chi connectivity index (χ2n) is 6.70. The Bertz CT molecular complexity index is 279. The topological polar surface area (TPSA) is 18.5 Å². The lowest BCUT2D eigenvalue weighted by atomic mass is 9.88. The zero-order valence-electron chi connectivity index (χ0n) is 12.6. The summed E-state index contributed by atoms with van der Waals surface area (Å²) in [6, 6.07) is 2.44. The molecular formula is C16H31N3. The minimum absolute atomic E-state index is 0.756. The Hall–Kier alpha value is -0.120. The third-order valence-electron chi connectivity index (χ3n) is 5.50. The maximum atomic E-state index is 3.76. The van der Waals surface area contributed by atoms with Crippen molar-refractivity contribution in [1.82, 2.24) is 15.1 Å². The highest BCUT2D eigenvalue weighted by atomic mass is 15.3. The monoisotopic (exact) mass is 265 g/mol. The van der Waals surface area contributed by atoms with E-state index >= 15 is 0 Å². The molecule has 0 aromatic carbocycles. The number of hydrogen-bond donors (Lipinski definition) is 1. The molecule has 2 aliphatic heterocycles. The fourth-order valence-electron chi connectivity index (χ4n) is 4.59. The van der Waals surface area contributed by atoms with Gasteiger partial charge in [0.15, 0.2) is 0 Å². The fourth-order valence-corrected chi connectivity index (χ4v) is 4.59. The van der Waals surface area contributed by atoms with Crippen LogP contribution in [-0.4, -0.2) is 60.6 Å². The van der Waals surface area contributed by atoms with Gasteiger partial charge < -0.3 is 5.32 Å². The van der Waals surface area contributed by atoms with Crippen molar-refractivity contribution in [3.05, 3.63) is 0 Å². The van der Waals surface area contributed by atoms with E-state index in [1.807, 2.05) is 0 Å². The Labute approximate surface area is 118 Å². The molecule has 1 saturated carbocycles. The van der Waals surface area contributed by atoms with Crippen LogP contribution in [0.25, 0.3) is 0 Å². The normalized spacial score (nSPS) is 38.1. The van der Waals surface area contributed by atoms with Crippen LogP contribution in [0.2, 0.25) is 0 Å². The van der Waals surface area contributed by atoms with E-state index in [9.17, 15) is 0 Å². The van der Waals surface area contributed by atoms with Gasteiger partial charge in [-0.3, -0.25) is 9.80 Å². The van der Waals surface area contributed by atoms with Gasteiger partial charge in [-0.15, -0.1) is 0 Å². The van der Waals surface area contributed by atoms with E-state index in [1.165, 1.54) is 71.1 Å². The summed E-state index contributed by atoms with van der Waals surface area (Å²) in [7, 11) is 0. The second-order valence-corrected chi connectivity index (χ2v) is 6.70. The average Bonchev–Trinajstić information content (AvgIpc) is 2.77. The quantitative estimate of drug-likeness (QED) is 0.843. The highest BCUT2D eigenvalue weighted by Gasteiger charge is 2.35. The first-order valence-corrected chi connectivity index (χ1v) is 8.60. The molecule has 3 atom stereocenters. The molecule has 0 aromatic rings. The van der Waals surface area contributed by atoms with E-state index in [-0.39, 0.29) is 0 Å². The van der Waals surface area contributed by atoms with Crippen LogP contribution in [0.1, 0.15) is 51.9 Å². The lowest BCUT2D eigenvalue weighted by Crippen LogP contribution is -2.53. The summed E-state index contributed by atoms with van der Waals surface area (Å²) in [4.78, 5) is 5.60. The van der Waals surface area contributed by atoms with Gasteiger partial charge in [0.2, 0.25) is 0 Å². The third-order valence-corrected chi connectivity index (χ3v) is 5.50. The summed E-state index contributed by atoms with van der Waals surface area (Å²) in [6.45, 7) is 8.77. The van der Waals surface area contributed by atoms with Gasteiger partial charge in [-0.1, -0.05) is 19.8 Å². The summed E-state index contributed by atoms with van der Waals surface area (Å²) < 4.78 is 0. The summed E-state index contributed by atoms with van der Waals surface area (Å²) >= 11 is 0. The van der Waals surface area contributed by atoms with Crippen molar-refractivity contribution in [3.8, 4) is 0 Å². The van der Waals surface area contributed by atoms with Gasteiger partial charge in [0.05, 0.1) is 0 Å². The maximum absolute atomic E-state index is 3.76. The van der Waals surface area contributed by atoms with E-state index in [1.54, 1.807) is 0 Å². The molecule has 1 N–H and O–H groups in total. The molecule has 3 fully saturated rings.